The first kappa shape index (κ1) is 70.2. The summed E-state index contributed by atoms with van der Waals surface area (Å²) in [4.78, 5) is 33.9. The monoisotopic (exact) mass is 1180 g/mol. The second kappa shape index (κ2) is 41.6. The Balaban J connectivity index is -0.000000829. The van der Waals surface area contributed by atoms with Gasteiger partial charge in [-0.1, -0.05) is 153 Å². The maximum absolute atomic E-state index is 12.0. The average molecular weight is 1180 g/mol. The van der Waals surface area contributed by atoms with Gasteiger partial charge in [-0.15, -0.1) is 0 Å². The fraction of sp³-hybridized carbons (Fsp3) is 0.940. The molecular formula is C50H97AcClO14. The molecule has 3 rings (SSSR count). The number of rotatable bonds is 23. The first-order valence-electron chi connectivity index (χ1n) is 25.2. The van der Waals surface area contributed by atoms with Crippen LogP contribution in [0.2, 0.25) is 0 Å². The van der Waals surface area contributed by atoms with Crippen LogP contribution >= 0.6 is 11.6 Å². The summed E-state index contributed by atoms with van der Waals surface area (Å²) >= 11 is 5.15. The average Bonchev–Trinajstić information content (AvgIpc) is 3.27. The van der Waals surface area contributed by atoms with Crippen LogP contribution < -0.4 is 0 Å². The number of ether oxygens (including phenoxy) is 5. The number of unbranched alkanes of at least 4 members (excludes halogenated alkanes) is 12. The molecule has 1 radical (unpaired) electrons. The molecule has 3 heterocycles. The fourth-order valence-electron chi connectivity index (χ4n) is 8.22. The zero-order valence-corrected chi connectivity index (χ0v) is 48.5. The summed E-state index contributed by atoms with van der Waals surface area (Å²) in [5.41, 5.74) is 0. The zero-order valence-electron chi connectivity index (χ0n) is 43.0. The van der Waals surface area contributed by atoms with Gasteiger partial charge in [-0.25, -0.2) is 0 Å². The summed E-state index contributed by atoms with van der Waals surface area (Å²) in [6.45, 7) is 23.2. The summed E-state index contributed by atoms with van der Waals surface area (Å²) in [5, 5.41) is 47.3. The number of hydrogen-bond acceptors (Lipinski definition) is 13. The van der Waals surface area contributed by atoms with Crippen molar-refractivity contribution in [2.75, 3.05) is 6.61 Å². The van der Waals surface area contributed by atoms with Gasteiger partial charge in [-0.2, -0.15) is 0 Å². The topological polar surface area (TPSA) is 230 Å². The molecule has 3 fully saturated rings. The minimum atomic E-state index is -1.54. The maximum Gasteiger partial charge on any atom is 0.308 e. The maximum atomic E-state index is 12.0. The molecule has 0 aromatic carbocycles. The van der Waals surface area contributed by atoms with Gasteiger partial charge in [0.05, 0.1) is 18.8 Å². The van der Waals surface area contributed by atoms with Crippen molar-refractivity contribution in [3.05, 3.63) is 0 Å². The van der Waals surface area contributed by atoms with E-state index in [1.165, 1.54) is 38.5 Å². The van der Waals surface area contributed by atoms with E-state index in [4.69, 9.17) is 40.4 Å². The number of aliphatic hydroxyl groups excluding tert-OH is 5. The quantitative estimate of drug-likeness (QED) is 0.0366. The SMILES string of the molecule is CCC1OC(O)C(C)C(C)C1C.CCCCCCCC(=O)Cl.CCCCCCCC(=O)OC1OC(CC)C(C)C(C)C1C.CCCCCCCC(=O)OC1OC(CO)C(O)C(O)C1O.O.[Ac]. The first-order chi connectivity index (χ1) is 30.4. The molecule has 66 heavy (non-hydrogen) atoms. The van der Waals surface area contributed by atoms with Gasteiger partial charge in [0.25, 0.3) is 0 Å². The van der Waals surface area contributed by atoms with Crippen molar-refractivity contribution in [1.29, 1.82) is 0 Å². The van der Waals surface area contributed by atoms with Crippen LogP contribution in [0.5, 0.6) is 0 Å². The Kier molecular flexibility index (Phi) is 44.3. The summed E-state index contributed by atoms with van der Waals surface area (Å²) in [5.74, 6) is 2.07. The van der Waals surface area contributed by atoms with E-state index >= 15 is 0 Å². The Hall–Kier alpha value is -0.0184. The standard InChI is InChI=1S/C18H34O3.C14H26O7.C10H20O2.C8H15ClO.Ac.H2O/c1-6-8-9-10-11-12-17(19)21-18-15(5)13(3)14(4)16(7-2)20-18;1-2-3-4-5-6-7-10(16)21-14-13(19)12(18)11(17)9(8-15)20-14;1-5-9-7(3)6(2)8(4)10(11)12-9;1-2-3-4-5-6-7-8(9)10;;/h13-16,18H,6-12H2,1-5H3;9,11-15,17-19H,2-8H2,1H3;6-11H,5H2,1-4H3;2-7H2,1H3;;1H2. The summed E-state index contributed by atoms with van der Waals surface area (Å²) in [6, 6.07) is 0. The summed E-state index contributed by atoms with van der Waals surface area (Å²) in [6.07, 6.45) is 12.4. The molecule has 0 amide bonds. The Morgan fingerprint density at radius 3 is 1.26 bits per heavy atom. The molecular weight excluding hydrogens is 1090 g/mol. The molecule has 7 N–H and O–H groups in total. The molecule has 0 aliphatic carbocycles. The second-order valence-electron chi connectivity index (χ2n) is 18.6. The third-order valence-corrected chi connectivity index (χ3v) is 13.8. The molecule has 14 nitrogen and oxygen atoms in total. The van der Waals surface area contributed by atoms with E-state index in [1.54, 1.807) is 0 Å². The molecule has 3 saturated heterocycles. The molecule has 16 heteroatoms. The van der Waals surface area contributed by atoms with Crippen LogP contribution in [-0.2, 0) is 38.1 Å². The van der Waals surface area contributed by atoms with Crippen LogP contribution in [0.15, 0.2) is 0 Å². The molecule has 15 unspecified atom stereocenters. The predicted molar refractivity (Wildman–Crippen MR) is 256 cm³/mol. The van der Waals surface area contributed by atoms with E-state index in [2.05, 4.69) is 76.2 Å². The van der Waals surface area contributed by atoms with Gasteiger partial charge in [-0.3, -0.25) is 14.4 Å². The van der Waals surface area contributed by atoms with Gasteiger partial charge >= 0.3 is 11.9 Å². The number of esters is 2. The van der Waals surface area contributed by atoms with Crippen molar-refractivity contribution in [3.63, 3.8) is 0 Å². The molecule has 0 bridgehead atoms. The third-order valence-electron chi connectivity index (χ3n) is 13.6. The van der Waals surface area contributed by atoms with Crippen LogP contribution in [0, 0.1) is 79.6 Å². The van der Waals surface area contributed by atoms with E-state index in [-0.39, 0.29) is 97.5 Å². The van der Waals surface area contributed by atoms with E-state index in [1.807, 2.05) is 0 Å². The number of aliphatic hydroxyl groups is 5. The number of halogens is 1. The molecule has 3 aliphatic heterocycles. The van der Waals surface area contributed by atoms with E-state index < -0.39 is 49.6 Å². The van der Waals surface area contributed by atoms with Crippen molar-refractivity contribution >= 4 is 28.8 Å². The number of carbonyl (C=O) groups is 3. The van der Waals surface area contributed by atoms with Crippen molar-refractivity contribution < 1.29 is 113 Å². The Morgan fingerprint density at radius 1 is 0.470 bits per heavy atom. The zero-order chi connectivity index (χ0) is 48.8. The molecule has 0 spiro atoms. The fourth-order valence-corrected chi connectivity index (χ4v) is 8.35. The number of carbonyl (C=O) groups excluding carboxylic acids is 3. The largest absolute Gasteiger partial charge is 0.435 e. The Morgan fingerprint density at radius 2 is 0.848 bits per heavy atom. The molecule has 0 saturated carbocycles. The van der Waals surface area contributed by atoms with Gasteiger partial charge in [0, 0.05) is 75.2 Å². The Bertz CT molecular complexity index is 1140. The molecule has 391 valence electrons. The van der Waals surface area contributed by atoms with Gasteiger partial charge in [0.1, 0.15) is 24.4 Å². The summed E-state index contributed by atoms with van der Waals surface area (Å²) < 4.78 is 27.1. The van der Waals surface area contributed by atoms with Gasteiger partial charge in [0.2, 0.25) is 17.8 Å². The molecule has 0 aromatic heterocycles. The van der Waals surface area contributed by atoms with Crippen LogP contribution in [0.1, 0.15) is 205 Å². The third kappa shape index (κ3) is 28.1. The van der Waals surface area contributed by atoms with E-state index in [9.17, 15) is 34.8 Å². The smallest absolute Gasteiger partial charge is 0.308 e. The minimum Gasteiger partial charge on any atom is -0.435 e. The van der Waals surface area contributed by atoms with Gasteiger partial charge in [0.15, 0.2) is 6.29 Å². The van der Waals surface area contributed by atoms with Crippen molar-refractivity contribution in [1.82, 2.24) is 0 Å². The summed E-state index contributed by atoms with van der Waals surface area (Å²) in [7, 11) is 0. The van der Waals surface area contributed by atoms with Crippen LogP contribution in [0.4, 0.5) is 0 Å². The molecule has 15 atom stereocenters. The Labute approximate surface area is 440 Å². The molecule has 3 aliphatic rings. The van der Waals surface area contributed by atoms with Crippen LogP contribution in [-0.4, -0.2) is 110 Å². The van der Waals surface area contributed by atoms with Crippen LogP contribution in [0.25, 0.3) is 0 Å². The van der Waals surface area contributed by atoms with Gasteiger partial charge in [-0.05, 0) is 67.4 Å². The van der Waals surface area contributed by atoms with Gasteiger partial charge < -0.3 is 54.7 Å². The van der Waals surface area contributed by atoms with E-state index in [0.29, 0.717) is 42.9 Å². The van der Waals surface area contributed by atoms with Crippen molar-refractivity contribution in [3.8, 4) is 0 Å². The minimum absolute atomic E-state index is 0. The molecule has 0 aromatic rings. The van der Waals surface area contributed by atoms with Crippen LogP contribution in [0.3, 0.4) is 0 Å². The first-order valence-corrected chi connectivity index (χ1v) is 25.6. The predicted octanol–water partition coefficient (Wildman–Crippen LogP) is 8.93. The van der Waals surface area contributed by atoms with Crippen molar-refractivity contribution in [2.45, 2.75) is 260 Å². The second-order valence-corrected chi connectivity index (χ2v) is 19.0. The number of hydrogen-bond donors (Lipinski definition) is 5. The van der Waals surface area contributed by atoms with Crippen molar-refractivity contribution in [2.24, 2.45) is 35.5 Å². The normalized spacial score (nSPS) is 31.4. The van der Waals surface area contributed by atoms with E-state index in [0.717, 1.165) is 64.2 Å².